The second-order valence-electron chi connectivity index (χ2n) is 5.67. The highest BCUT2D eigenvalue weighted by Crippen LogP contribution is 2.13. The molecule has 0 aliphatic rings. The number of carbonyl (C=O) groups excluding carboxylic acids is 2. The van der Waals surface area contributed by atoms with E-state index in [0.717, 1.165) is 0 Å². The number of nitrogens with two attached hydrogens (primary N) is 1. The molecule has 0 aromatic heterocycles. The summed E-state index contributed by atoms with van der Waals surface area (Å²) < 4.78 is 0. The van der Waals surface area contributed by atoms with Gasteiger partial charge in [-0.05, 0) is 24.1 Å². The first-order chi connectivity index (χ1) is 9.35. The van der Waals surface area contributed by atoms with E-state index in [1.165, 1.54) is 0 Å². The summed E-state index contributed by atoms with van der Waals surface area (Å²) in [6, 6.07) is 8.83. The third kappa shape index (κ3) is 5.01. The average molecular weight is 277 g/mol. The minimum atomic E-state index is -0.245. The predicted molar refractivity (Wildman–Crippen MR) is 79.2 cm³/mol. The van der Waals surface area contributed by atoms with Crippen LogP contribution in [0.15, 0.2) is 30.3 Å². The van der Waals surface area contributed by atoms with Crippen LogP contribution in [0.4, 0.5) is 0 Å². The summed E-state index contributed by atoms with van der Waals surface area (Å²) in [4.78, 5) is 25.3. The summed E-state index contributed by atoms with van der Waals surface area (Å²) in [6.45, 7) is 5.05. The van der Waals surface area contributed by atoms with E-state index in [2.05, 4.69) is 5.32 Å². The fraction of sp³-hybridized carbons (Fsp3) is 0.467. The minimum absolute atomic E-state index is 0.00905. The third-order valence-corrected chi connectivity index (χ3v) is 3.08. The van der Waals surface area contributed by atoms with Crippen molar-refractivity contribution >= 4 is 11.8 Å². The zero-order valence-corrected chi connectivity index (χ0v) is 12.3. The number of likely N-dealkylation sites (N-methyl/N-ethyl adjacent to an activating group) is 1. The largest absolute Gasteiger partial charge is 0.344 e. The first-order valence-corrected chi connectivity index (χ1v) is 6.63. The molecule has 2 amide bonds. The van der Waals surface area contributed by atoms with Gasteiger partial charge in [-0.15, -0.1) is 0 Å². The van der Waals surface area contributed by atoms with E-state index in [1.807, 2.05) is 19.9 Å². The molecule has 1 rings (SSSR count). The number of carbonyl (C=O) groups is 2. The lowest BCUT2D eigenvalue weighted by atomic mass is 9.93. The smallest absolute Gasteiger partial charge is 0.251 e. The molecule has 20 heavy (non-hydrogen) atoms. The molecule has 0 radical (unpaired) electrons. The van der Waals surface area contributed by atoms with E-state index in [4.69, 9.17) is 5.73 Å². The molecule has 0 saturated heterocycles. The molecule has 1 aromatic rings. The first kappa shape index (κ1) is 16.2. The Kier molecular flexibility index (Phi) is 5.70. The molecule has 0 atom stereocenters. The topological polar surface area (TPSA) is 75.4 Å². The monoisotopic (exact) mass is 277 g/mol. The van der Waals surface area contributed by atoms with Gasteiger partial charge in [-0.2, -0.15) is 0 Å². The van der Waals surface area contributed by atoms with Crippen molar-refractivity contribution in [1.29, 1.82) is 0 Å². The number of amides is 2. The van der Waals surface area contributed by atoms with Crippen molar-refractivity contribution in [1.82, 2.24) is 10.2 Å². The normalized spacial score (nSPS) is 11.0. The van der Waals surface area contributed by atoms with Crippen molar-refractivity contribution in [3.8, 4) is 0 Å². The zero-order valence-electron chi connectivity index (χ0n) is 12.3. The van der Waals surface area contributed by atoms with Crippen molar-refractivity contribution in [3.05, 3.63) is 35.9 Å². The molecule has 0 aliphatic heterocycles. The van der Waals surface area contributed by atoms with Gasteiger partial charge in [-0.25, -0.2) is 0 Å². The van der Waals surface area contributed by atoms with Crippen LogP contribution in [-0.4, -0.2) is 43.4 Å². The van der Waals surface area contributed by atoms with Gasteiger partial charge in [0.25, 0.3) is 5.91 Å². The Morgan fingerprint density at radius 2 is 1.85 bits per heavy atom. The Morgan fingerprint density at radius 1 is 1.25 bits per heavy atom. The van der Waals surface area contributed by atoms with Crippen molar-refractivity contribution < 1.29 is 9.59 Å². The lowest BCUT2D eigenvalue weighted by Crippen LogP contribution is -2.44. The molecule has 5 heteroatoms. The average Bonchev–Trinajstić information content (AvgIpc) is 2.44. The van der Waals surface area contributed by atoms with E-state index >= 15 is 0 Å². The molecule has 3 N–H and O–H groups in total. The molecule has 0 fully saturated rings. The van der Waals surface area contributed by atoms with Crippen LogP contribution in [0.3, 0.4) is 0 Å². The van der Waals surface area contributed by atoms with Gasteiger partial charge in [0.05, 0.1) is 6.54 Å². The number of nitrogens with zero attached hydrogens (tertiary/aromatic N) is 1. The summed E-state index contributed by atoms with van der Waals surface area (Å²) in [5, 5.41) is 2.62. The maximum atomic E-state index is 11.9. The summed E-state index contributed by atoms with van der Waals surface area (Å²) in [5.41, 5.74) is 6.06. The van der Waals surface area contributed by atoms with Crippen LogP contribution in [-0.2, 0) is 4.79 Å². The highest BCUT2D eigenvalue weighted by molar-refractivity contribution is 5.96. The number of nitrogens with one attached hydrogen (secondary N) is 1. The molecule has 5 nitrogen and oxygen atoms in total. The van der Waals surface area contributed by atoms with Gasteiger partial charge in [-0.1, -0.05) is 32.0 Å². The molecular formula is C15H23N3O2. The van der Waals surface area contributed by atoms with Crippen molar-refractivity contribution in [2.75, 3.05) is 26.7 Å². The molecule has 0 saturated carbocycles. The van der Waals surface area contributed by atoms with Crippen LogP contribution in [0.25, 0.3) is 0 Å². The Bertz CT molecular complexity index is 457. The van der Waals surface area contributed by atoms with Crippen molar-refractivity contribution in [2.45, 2.75) is 13.8 Å². The second-order valence-corrected chi connectivity index (χ2v) is 5.67. The van der Waals surface area contributed by atoms with Gasteiger partial charge < -0.3 is 16.0 Å². The molecule has 0 heterocycles. The molecule has 0 aliphatic carbocycles. The molecular weight excluding hydrogens is 254 g/mol. The van der Waals surface area contributed by atoms with Crippen LogP contribution < -0.4 is 11.1 Å². The highest BCUT2D eigenvalue weighted by atomic mass is 16.2. The van der Waals surface area contributed by atoms with Gasteiger partial charge in [0.15, 0.2) is 0 Å². The van der Waals surface area contributed by atoms with Crippen LogP contribution in [0.1, 0.15) is 24.2 Å². The Hall–Kier alpha value is -1.88. The van der Waals surface area contributed by atoms with E-state index in [-0.39, 0.29) is 23.8 Å². The van der Waals surface area contributed by atoms with Gasteiger partial charge in [0, 0.05) is 19.2 Å². The maximum Gasteiger partial charge on any atom is 0.251 e. The quantitative estimate of drug-likeness (QED) is 0.810. The van der Waals surface area contributed by atoms with E-state index in [1.54, 1.807) is 36.2 Å². The third-order valence-electron chi connectivity index (χ3n) is 3.08. The SMILES string of the molecule is CN(CC(C)(C)CN)C(=O)CNC(=O)c1ccccc1. The standard InChI is InChI=1S/C15H23N3O2/c1-15(2,10-16)11-18(3)13(19)9-17-14(20)12-7-5-4-6-8-12/h4-8H,9-11,16H2,1-3H3,(H,17,20). The van der Waals surface area contributed by atoms with E-state index in [9.17, 15) is 9.59 Å². The molecule has 0 spiro atoms. The molecule has 0 unspecified atom stereocenters. The Labute approximate surface area is 120 Å². The lowest BCUT2D eigenvalue weighted by Gasteiger charge is -2.29. The van der Waals surface area contributed by atoms with Gasteiger partial charge in [0.1, 0.15) is 0 Å². The van der Waals surface area contributed by atoms with Crippen molar-refractivity contribution in [2.24, 2.45) is 11.1 Å². The maximum absolute atomic E-state index is 11.9. The Morgan fingerprint density at radius 3 is 2.40 bits per heavy atom. The van der Waals surface area contributed by atoms with E-state index in [0.29, 0.717) is 18.7 Å². The number of hydrogen-bond donors (Lipinski definition) is 2. The van der Waals surface area contributed by atoms with Crippen LogP contribution >= 0.6 is 0 Å². The number of benzene rings is 1. The van der Waals surface area contributed by atoms with Crippen LogP contribution in [0.2, 0.25) is 0 Å². The van der Waals surface area contributed by atoms with Crippen LogP contribution in [0, 0.1) is 5.41 Å². The summed E-state index contributed by atoms with van der Waals surface area (Å²) in [6.07, 6.45) is 0. The Balaban J connectivity index is 2.45. The fourth-order valence-electron chi connectivity index (χ4n) is 1.78. The number of rotatable bonds is 6. The fourth-order valence-corrected chi connectivity index (χ4v) is 1.78. The molecule has 0 bridgehead atoms. The first-order valence-electron chi connectivity index (χ1n) is 6.63. The zero-order chi connectivity index (χ0) is 15.2. The molecule has 110 valence electrons. The summed E-state index contributed by atoms with van der Waals surface area (Å²) in [7, 11) is 1.72. The number of hydrogen-bond acceptors (Lipinski definition) is 3. The summed E-state index contributed by atoms with van der Waals surface area (Å²) >= 11 is 0. The predicted octanol–water partition coefficient (Wildman–Crippen LogP) is 0.860. The van der Waals surface area contributed by atoms with E-state index < -0.39 is 0 Å². The van der Waals surface area contributed by atoms with Gasteiger partial charge in [-0.3, -0.25) is 9.59 Å². The van der Waals surface area contributed by atoms with Crippen LogP contribution in [0.5, 0.6) is 0 Å². The lowest BCUT2D eigenvalue weighted by molar-refractivity contribution is -0.130. The van der Waals surface area contributed by atoms with Gasteiger partial charge in [0.2, 0.25) is 5.91 Å². The summed E-state index contributed by atoms with van der Waals surface area (Å²) in [5.74, 6) is -0.374. The minimum Gasteiger partial charge on any atom is -0.344 e. The second kappa shape index (κ2) is 7.05. The highest BCUT2D eigenvalue weighted by Gasteiger charge is 2.21. The van der Waals surface area contributed by atoms with Crippen molar-refractivity contribution in [3.63, 3.8) is 0 Å². The molecule has 1 aromatic carbocycles. The van der Waals surface area contributed by atoms with Gasteiger partial charge >= 0.3 is 0 Å².